The average Bonchev–Trinajstić information content (AvgIpc) is 3.27. The number of ether oxygens (including phenoxy) is 3. The van der Waals surface area contributed by atoms with Crippen LogP contribution in [0.4, 0.5) is 0 Å². The highest BCUT2D eigenvalue weighted by Crippen LogP contribution is 2.12. The van der Waals surface area contributed by atoms with Gasteiger partial charge in [-0.2, -0.15) is 0 Å². The van der Waals surface area contributed by atoms with Crippen molar-refractivity contribution in [3.63, 3.8) is 0 Å². The normalized spacial score (nSPS) is 13.3. The summed E-state index contributed by atoms with van der Waals surface area (Å²) in [5.74, 6) is -0.482. The Labute approximate surface area is 382 Å². The van der Waals surface area contributed by atoms with Crippen LogP contribution < -0.4 is 0 Å². The van der Waals surface area contributed by atoms with Gasteiger partial charge >= 0.3 is 11.9 Å². The molecule has 0 bridgehead atoms. The number of carbonyl (C=O) groups is 2. The molecule has 0 aliphatic carbocycles. The Morgan fingerprint density at radius 3 is 1.19 bits per heavy atom. The highest BCUT2D eigenvalue weighted by atomic mass is 16.6. The van der Waals surface area contributed by atoms with E-state index in [4.69, 9.17) is 14.2 Å². The molecule has 62 heavy (non-hydrogen) atoms. The molecule has 1 unspecified atom stereocenters. The number of allylic oxidation sites excluding steroid dienone is 20. The first-order valence-corrected chi connectivity index (χ1v) is 25.1. The molecule has 0 amide bonds. The zero-order valence-corrected chi connectivity index (χ0v) is 40.1. The lowest BCUT2D eigenvalue weighted by Gasteiger charge is -2.18. The molecule has 0 N–H and O–H groups in total. The maximum atomic E-state index is 12.8. The zero-order chi connectivity index (χ0) is 44.9. The van der Waals surface area contributed by atoms with Gasteiger partial charge in [0.25, 0.3) is 0 Å². The van der Waals surface area contributed by atoms with E-state index in [-0.39, 0.29) is 25.2 Å². The first-order valence-electron chi connectivity index (χ1n) is 25.1. The molecule has 0 aromatic rings. The fourth-order valence-electron chi connectivity index (χ4n) is 6.29. The van der Waals surface area contributed by atoms with Crippen LogP contribution in [0.15, 0.2) is 122 Å². The van der Waals surface area contributed by atoms with Crippen molar-refractivity contribution in [2.45, 2.75) is 207 Å². The van der Waals surface area contributed by atoms with E-state index in [0.29, 0.717) is 19.4 Å². The Kier molecular flexibility index (Phi) is 48.6. The summed E-state index contributed by atoms with van der Waals surface area (Å²) in [5, 5.41) is 0. The molecule has 0 heterocycles. The van der Waals surface area contributed by atoms with Crippen molar-refractivity contribution in [1.29, 1.82) is 0 Å². The summed E-state index contributed by atoms with van der Waals surface area (Å²) in [6, 6.07) is 0. The van der Waals surface area contributed by atoms with Crippen LogP contribution in [0, 0.1) is 0 Å². The molecular formula is C57H92O5. The van der Waals surface area contributed by atoms with E-state index in [0.717, 1.165) is 128 Å². The smallest absolute Gasteiger partial charge is 0.306 e. The van der Waals surface area contributed by atoms with Gasteiger partial charge in [-0.05, 0) is 122 Å². The van der Waals surface area contributed by atoms with Crippen LogP contribution in [-0.2, 0) is 23.8 Å². The molecular weight excluding hydrogens is 765 g/mol. The zero-order valence-electron chi connectivity index (χ0n) is 40.1. The van der Waals surface area contributed by atoms with Crippen molar-refractivity contribution in [3.8, 4) is 0 Å². The van der Waals surface area contributed by atoms with Crippen LogP contribution in [0.5, 0.6) is 0 Å². The van der Waals surface area contributed by atoms with Gasteiger partial charge in [0.2, 0.25) is 0 Å². The summed E-state index contributed by atoms with van der Waals surface area (Å²) >= 11 is 0. The number of unbranched alkanes of at least 4 members (excludes halogenated alkanes) is 13. The van der Waals surface area contributed by atoms with Gasteiger partial charge in [-0.3, -0.25) is 9.59 Å². The van der Waals surface area contributed by atoms with Crippen LogP contribution in [0.2, 0.25) is 0 Å². The Bertz CT molecular complexity index is 1290. The van der Waals surface area contributed by atoms with Crippen LogP contribution in [0.1, 0.15) is 201 Å². The minimum Gasteiger partial charge on any atom is -0.462 e. The maximum absolute atomic E-state index is 12.8. The van der Waals surface area contributed by atoms with Gasteiger partial charge in [0.15, 0.2) is 6.10 Å². The van der Waals surface area contributed by atoms with Crippen molar-refractivity contribution in [2.24, 2.45) is 0 Å². The van der Waals surface area contributed by atoms with Gasteiger partial charge in [-0.15, -0.1) is 0 Å². The van der Waals surface area contributed by atoms with Crippen molar-refractivity contribution < 1.29 is 23.8 Å². The second-order valence-corrected chi connectivity index (χ2v) is 15.9. The van der Waals surface area contributed by atoms with E-state index >= 15 is 0 Å². The Balaban J connectivity index is 4.41. The second-order valence-electron chi connectivity index (χ2n) is 15.9. The molecule has 1 atom stereocenters. The minimum absolute atomic E-state index is 0.0423. The predicted molar refractivity (Wildman–Crippen MR) is 269 cm³/mol. The molecule has 0 aliphatic rings. The number of carbonyl (C=O) groups excluding carboxylic acids is 2. The fourth-order valence-corrected chi connectivity index (χ4v) is 6.29. The predicted octanol–water partition coefficient (Wildman–Crippen LogP) is 17.0. The number of rotatable bonds is 44. The van der Waals surface area contributed by atoms with Gasteiger partial charge in [-0.25, -0.2) is 0 Å². The lowest BCUT2D eigenvalue weighted by atomic mass is 10.1. The standard InChI is InChI=1S/C57H92O5/c1-4-7-10-13-16-19-22-25-27-28-29-31-34-37-40-43-46-49-52-60-53-55(62-57(59)51-48-45-42-39-36-32-24-21-18-15-12-9-6-3)54-61-56(58)50-47-44-41-38-35-33-30-26-23-20-17-14-11-8-5-2/h7-8,10-12,15-17,19-21,24-27,29-31,35,38,55H,4-6,9,13-14,18,22-23,28,32-34,36-37,39-54H2,1-3H3/b10-7-,11-8-,15-12-,19-16-,20-17-,24-21-,27-25-,30-26-,31-29-,38-35-. The van der Waals surface area contributed by atoms with Gasteiger partial charge in [-0.1, -0.05) is 187 Å². The van der Waals surface area contributed by atoms with E-state index in [2.05, 4.69) is 142 Å². The summed E-state index contributed by atoms with van der Waals surface area (Å²) in [5.41, 5.74) is 0. The van der Waals surface area contributed by atoms with Crippen molar-refractivity contribution in [2.75, 3.05) is 19.8 Å². The van der Waals surface area contributed by atoms with E-state index in [1.165, 1.54) is 38.5 Å². The van der Waals surface area contributed by atoms with Crippen molar-refractivity contribution in [1.82, 2.24) is 0 Å². The van der Waals surface area contributed by atoms with E-state index in [1.807, 2.05) is 0 Å². The highest BCUT2D eigenvalue weighted by Gasteiger charge is 2.17. The topological polar surface area (TPSA) is 61.8 Å². The molecule has 350 valence electrons. The first kappa shape index (κ1) is 58.3. The van der Waals surface area contributed by atoms with Crippen LogP contribution in [0.3, 0.4) is 0 Å². The van der Waals surface area contributed by atoms with E-state index in [9.17, 15) is 9.59 Å². The summed E-state index contributed by atoms with van der Waals surface area (Å²) in [6.45, 7) is 7.41. The van der Waals surface area contributed by atoms with Gasteiger partial charge < -0.3 is 14.2 Å². The lowest BCUT2D eigenvalue weighted by molar-refractivity contribution is -0.163. The molecule has 0 spiro atoms. The first-order chi connectivity index (χ1) is 30.6. The molecule has 5 nitrogen and oxygen atoms in total. The third kappa shape index (κ3) is 49.0. The average molecular weight is 857 g/mol. The number of hydrogen-bond donors (Lipinski definition) is 0. The second kappa shape index (κ2) is 51.6. The lowest BCUT2D eigenvalue weighted by Crippen LogP contribution is -2.30. The number of esters is 2. The van der Waals surface area contributed by atoms with E-state index in [1.54, 1.807) is 0 Å². The summed E-state index contributed by atoms with van der Waals surface area (Å²) in [6.07, 6.45) is 72.1. The van der Waals surface area contributed by atoms with Gasteiger partial charge in [0.05, 0.1) is 6.61 Å². The minimum atomic E-state index is -0.578. The molecule has 0 aliphatic heterocycles. The fraction of sp³-hybridized carbons (Fsp3) is 0.614. The summed E-state index contributed by atoms with van der Waals surface area (Å²) in [4.78, 5) is 25.4. The molecule has 0 saturated carbocycles. The number of hydrogen-bond acceptors (Lipinski definition) is 5. The molecule has 0 rings (SSSR count). The highest BCUT2D eigenvalue weighted by molar-refractivity contribution is 5.70. The van der Waals surface area contributed by atoms with Gasteiger partial charge in [0.1, 0.15) is 6.61 Å². The maximum Gasteiger partial charge on any atom is 0.306 e. The monoisotopic (exact) mass is 857 g/mol. The van der Waals surface area contributed by atoms with Gasteiger partial charge in [0, 0.05) is 19.4 Å². The third-order valence-electron chi connectivity index (χ3n) is 9.94. The molecule has 0 aromatic heterocycles. The Morgan fingerprint density at radius 1 is 0.371 bits per heavy atom. The van der Waals surface area contributed by atoms with Crippen LogP contribution in [0.25, 0.3) is 0 Å². The molecule has 5 heteroatoms. The van der Waals surface area contributed by atoms with Crippen LogP contribution in [-0.4, -0.2) is 37.9 Å². The van der Waals surface area contributed by atoms with Crippen molar-refractivity contribution in [3.05, 3.63) is 122 Å². The van der Waals surface area contributed by atoms with Crippen LogP contribution >= 0.6 is 0 Å². The van der Waals surface area contributed by atoms with E-state index < -0.39 is 6.10 Å². The summed E-state index contributed by atoms with van der Waals surface area (Å²) < 4.78 is 17.3. The van der Waals surface area contributed by atoms with Crippen molar-refractivity contribution >= 4 is 11.9 Å². The quantitative estimate of drug-likeness (QED) is 0.0347. The Morgan fingerprint density at radius 2 is 0.726 bits per heavy atom. The largest absolute Gasteiger partial charge is 0.462 e. The third-order valence-corrected chi connectivity index (χ3v) is 9.94. The molecule has 0 radical (unpaired) electrons. The molecule has 0 fully saturated rings. The Hall–Kier alpha value is -3.70. The summed E-state index contributed by atoms with van der Waals surface area (Å²) in [7, 11) is 0. The molecule has 0 aromatic carbocycles. The SMILES string of the molecule is CC/C=C\C/C=C\C/C=C\C/C=C\CCCCCCCOCC(COC(=O)CCCC/C=C\C/C=C\C/C=C\C/C=C\CC)OC(=O)CCCCCCC/C=C\C/C=C\CCC. The molecule has 0 saturated heterocycles.